The van der Waals surface area contributed by atoms with Gasteiger partial charge < -0.3 is 5.32 Å². The van der Waals surface area contributed by atoms with Crippen molar-refractivity contribution in [1.29, 1.82) is 0 Å². The van der Waals surface area contributed by atoms with E-state index in [-0.39, 0.29) is 11.7 Å². The summed E-state index contributed by atoms with van der Waals surface area (Å²) in [6.07, 6.45) is 6.17. The minimum absolute atomic E-state index is 0.0354. The van der Waals surface area contributed by atoms with Crippen molar-refractivity contribution >= 4 is 11.4 Å². The molecule has 0 aliphatic rings. The van der Waals surface area contributed by atoms with Crippen molar-refractivity contribution in [3.8, 4) is 0 Å². The Kier molecular flexibility index (Phi) is 5.55. The third-order valence-electron chi connectivity index (χ3n) is 2.82. The molecule has 0 spiro atoms. The Morgan fingerprint density at radius 2 is 2.11 bits per heavy atom. The topological polar surface area (TPSA) is 68.1 Å². The van der Waals surface area contributed by atoms with Crippen molar-refractivity contribution < 1.29 is 4.92 Å². The van der Waals surface area contributed by atoms with Crippen LogP contribution >= 0.6 is 0 Å². The fourth-order valence-corrected chi connectivity index (χ4v) is 1.82. The summed E-state index contributed by atoms with van der Waals surface area (Å²) in [5, 5.41) is 14.0. The zero-order chi connectivity index (χ0) is 13.5. The normalized spacial score (nSPS) is 12.4. The van der Waals surface area contributed by atoms with Crippen molar-refractivity contribution in [2.24, 2.45) is 5.92 Å². The van der Waals surface area contributed by atoms with Gasteiger partial charge in [-0.3, -0.25) is 15.1 Å². The molecule has 0 aromatic carbocycles. The molecule has 0 fully saturated rings. The maximum atomic E-state index is 10.8. The van der Waals surface area contributed by atoms with Gasteiger partial charge in [-0.15, -0.1) is 0 Å². The van der Waals surface area contributed by atoms with Crippen LogP contribution in [-0.2, 0) is 0 Å². The van der Waals surface area contributed by atoms with E-state index in [0.717, 1.165) is 12.8 Å². The van der Waals surface area contributed by atoms with Gasteiger partial charge in [0.2, 0.25) is 0 Å². The number of hydrogen-bond donors (Lipinski definition) is 1. The van der Waals surface area contributed by atoms with E-state index in [0.29, 0.717) is 11.6 Å². The van der Waals surface area contributed by atoms with E-state index in [1.54, 1.807) is 12.3 Å². The smallest absolute Gasteiger partial charge is 0.310 e. The molecule has 5 heteroatoms. The first-order valence-corrected chi connectivity index (χ1v) is 6.35. The van der Waals surface area contributed by atoms with Crippen LogP contribution in [0, 0.1) is 16.0 Å². The summed E-state index contributed by atoms with van der Waals surface area (Å²) in [7, 11) is 0. The molecule has 0 saturated heterocycles. The van der Waals surface area contributed by atoms with Crippen LogP contribution in [0.3, 0.4) is 0 Å². The van der Waals surface area contributed by atoms with Gasteiger partial charge in [0.25, 0.3) is 0 Å². The lowest BCUT2D eigenvalue weighted by atomic mass is 10.0. The number of aromatic nitrogens is 1. The largest absolute Gasteiger partial charge is 0.377 e. The molecule has 0 bridgehead atoms. The van der Waals surface area contributed by atoms with Crippen LogP contribution in [-0.4, -0.2) is 15.9 Å². The van der Waals surface area contributed by atoms with Gasteiger partial charge in [0.1, 0.15) is 11.9 Å². The van der Waals surface area contributed by atoms with Crippen LogP contribution in [0.4, 0.5) is 11.4 Å². The Labute approximate surface area is 108 Å². The molecule has 1 N–H and O–H groups in total. The van der Waals surface area contributed by atoms with E-state index in [1.165, 1.54) is 12.6 Å². The molecule has 0 aliphatic heterocycles. The van der Waals surface area contributed by atoms with E-state index >= 15 is 0 Å². The molecule has 1 aromatic heterocycles. The summed E-state index contributed by atoms with van der Waals surface area (Å²) in [5.74, 6) is 0.701. The number of hydrogen-bond acceptors (Lipinski definition) is 4. The second kappa shape index (κ2) is 6.93. The monoisotopic (exact) mass is 251 g/mol. The fourth-order valence-electron chi connectivity index (χ4n) is 1.82. The van der Waals surface area contributed by atoms with Gasteiger partial charge >= 0.3 is 5.69 Å². The molecule has 1 aromatic rings. The Balaban J connectivity index is 2.53. The molecule has 5 nitrogen and oxygen atoms in total. The number of rotatable bonds is 7. The summed E-state index contributed by atoms with van der Waals surface area (Å²) in [6.45, 7) is 6.45. The maximum absolute atomic E-state index is 10.8. The van der Waals surface area contributed by atoms with Crippen molar-refractivity contribution in [2.75, 3.05) is 5.32 Å². The lowest BCUT2D eigenvalue weighted by Gasteiger charge is -2.15. The summed E-state index contributed by atoms with van der Waals surface area (Å²) >= 11 is 0. The maximum Gasteiger partial charge on any atom is 0.310 e. The zero-order valence-corrected chi connectivity index (χ0v) is 11.2. The SMILES string of the molecule is CC(C)CCCC(C)Nc1ccncc1[N+](=O)[O-]. The van der Waals surface area contributed by atoms with Gasteiger partial charge in [0, 0.05) is 12.2 Å². The fraction of sp³-hybridized carbons (Fsp3) is 0.615. The Bertz CT molecular complexity index is 394. The Morgan fingerprint density at radius 1 is 1.39 bits per heavy atom. The van der Waals surface area contributed by atoms with Crippen LogP contribution in [0.15, 0.2) is 18.5 Å². The lowest BCUT2D eigenvalue weighted by Crippen LogP contribution is -2.16. The first-order chi connectivity index (χ1) is 8.50. The van der Waals surface area contributed by atoms with Crippen molar-refractivity contribution in [3.63, 3.8) is 0 Å². The molecular formula is C13H21N3O2. The molecule has 1 heterocycles. The lowest BCUT2D eigenvalue weighted by molar-refractivity contribution is -0.384. The first kappa shape index (κ1) is 14.4. The van der Waals surface area contributed by atoms with Crippen LogP contribution in [0.1, 0.15) is 40.0 Å². The zero-order valence-electron chi connectivity index (χ0n) is 11.2. The quantitative estimate of drug-likeness (QED) is 0.593. The second-order valence-electron chi connectivity index (χ2n) is 5.02. The molecule has 100 valence electrons. The predicted molar refractivity (Wildman–Crippen MR) is 72.7 cm³/mol. The summed E-state index contributed by atoms with van der Waals surface area (Å²) < 4.78 is 0. The van der Waals surface area contributed by atoms with Gasteiger partial charge in [-0.05, 0) is 25.3 Å². The molecule has 18 heavy (non-hydrogen) atoms. The van der Waals surface area contributed by atoms with Crippen LogP contribution in [0.2, 0.25) is 0 Å². The number of nitrogens with zero attached hydrogens (tertiary/aromatic N) is 2. The van der Waals surface area contributed by atoms with Gasteiger partial charge in [-0.1, -0.05) is 26.7 Å². The highest BCUT2D eigenvalue weighted by Crippen LogP contribution is 2.23. The number of nitro groups is 1. The second-order valence-corrected chi connectivity index (χ2v) is 5.02. The average Bonchev–Trinajstić information content (AvgIpc) is 2.28. The van der Waals surface area contributed by atoms with E-state index < -0.39 is 4.92 Å². The third-order valence-corrected chi connectivity index (χ3v) is 2.82. The van der Waals surface area contributed by atoms with Gasteiger partial charge in [0.05, 0.1) is 4.92 Å². The molecule has 0 aliphatic carbocycles. The van der Waals surface area contributed by atoms with E-state index in [4.69, 9.17) is 0 Å². The molecule has 1 atom stereocenters. The summed E-state index contributed by atoms with van der Waals surface area (Å²) in [6, 6.07) is 1.88. The van der Waals surface area contributed by atoms with Gasteiger partial charge in [0.15, 0.2) is 0 Å². The van der Waals surface area contributed by atoms with Crippen molar-refractivity contribution in [3.05, 3.63) is 28.6 Å². The van der Waals surface area contributed by atoms with E-state index in [9.17, 15) is 10.1 Å². The Hall–Kier alpha value is -1.65. The van der Waals surface area contributed by atoms with Crippen molar-refractivity contribution in [1.82, 2.24) is 4.98 Å². The summed E-state index contributed by atoms with van der Waals surface area (Å²) in [5.41, 5.74) is 0.584. The minimum Gasteiger partial charge on any atom is -0.377 e. The van der Waals surface area contributed by atoms with E-state index in [2.05, 4.69) is 24.1 Å². The highest BCUT2D eigenvalue weighted by Gasteiger charge is 2.14. The highest BCUT2D eigenvalue weighted by atomic mass is 16.6. The standard InChI is InChI=1S/C13H21N3O2/c1-10(2)5-4-6-11(3)15-12-7-8-14-9-13(12)16(17)18/h7-11H,4-6H2,1-3H3,(H,14,15). The molecule has 1 rings (SSSR count). The third kappa shape index (κ3) is 4.69. The predicted octanol–water partition coefficient (Wildman–Crippen LogP) is 3.62. The minimum atomic E-state index is -0.407. The van der Waals surface area contributed by atoms with Crippen LogP contribution in [0.25, 0.3) is 0 Å². The first-order valence-electron chi connectivity index (χ1n) is 6.35. The van der Waals surface area contributed by atoms with Gasteiger partial charge in [-0.2, -0.15) is 0 Å². The number of nitrogens with one attached hydrogen (secondary N) is 1. The van der Waals surface area contributed by atoms with Crippen LogP contribution in [0.5, 0.6) is 0 Å². The highest BCUT2D eigenvalue weighted by molar-refractivity contribution is 5.59. The Morgan fingerprint density at radius 3 is 2.72 bits per heavy atom. The molecular weight excluding hydrogens is 230 g/mol. The average molecular weight is 251 g/mol. The van der Waals surface area contributed by atoms with E-state index in [1.807, 2.05) is 6.92 Å². The summed E-state index contributed by atoms with van der Waals surface area (Å²) in [4.78, 5) is 14.2. The molecule has 0 amide bonds. The molecule has 1 unspecified atom stereocenters. The number of pyridine rings is 1. The van der Waals surface area contributed by atoms with Gasteiger partial charge in [-0.25, -0.2) is 0 Å². The van der Waals surface area contributed by atoms with Crippen LogP contribution < -0.4 is 5.32 Å². The molecule has 0 saturated carbocycles. The number of anilines is 1. The molecule has 0 radical (unpaired) electrons. The van der Waals surface area contributed by atoms with Crippen molar-refractivity contribution in [2.45, 2.75) is 46.1 Å².